The maximum atomic E-state index is 12.6. The molecule has 0 saturated carbocycles. The molecule has 108 valence electrons. The van der Waals surface area contributed by atoms with Crippen molar-refractivity contribution in [2.24, 2.45) is 0 Å². The highest BCUT2D eigenvalue weighted by Crippen LogP contribution is 2.37. The third-order valence-electron chi connectivity index (χ3n) is 3.16. The molecule has 0 bridgehead atoms. The first kappa shape index (κ1) is 14.3. The van der Waals surface area contributed by atoms with Gasteiger partial charge in [0.05, 0.1) is 10.5 Å². The number of carbonyl (C=O) groups excluding carboxylic acids is 1. The van der Waals surface area contributed by atoms with Crippen LogP contribution in [0.1, 0.15) is 18.4 Å². The first-order valence-electron chi connectivity index (χ1n) is 5.91. The van der Waals surface area contributed by atoms with Crippen molar-refractivity contribution < 1.29 is 22.9 Å². The highest BCUT2D eigenvalue weighted by molar-refractivity contribution is 5.81. The van der Waals surface area contributed by atoms with Crippen LogP contribution in [0, 0.1) is 10.1 Å². The molecule has 0 aliphatic carbocycles. The summed E-state index contributed by atoms with van der Waals surface area (Å²) in [6.45, 7) is 0.566. The van der Waals surface area contributed by atoms with E-state index in [9.17, 15) is 28.1 Å². The SMILES string of the molecule is O=C1CCN(c2ccc(C(F)(F)F)cc2[N+](=O)[O-])CC1. The predicted octanol–water partition coefficient (Wildman–Crippen LogP) is 2.78. The minimum absolute atomic E-state index is 0.0517. The molecule has 5 nitrogen and oxygen atoms in total. The average molecular weight is 288 g/mol. The lowest BCUT2D eigenvalue weighted by atomic mass is 10.1. The number of ketones is 1. The average Bonchev–Trinajstić information content (AvgIpc) is 2.38. The molecule has 1 fully saturated rings. The van der Waals surface area contributed by atoms with E-state index in [1.807, 2.05) is 0 Å². The fourth-order valence-corrected chi connectivity index (χ4v) is 2.11. The molecule has 8 heteroatoms. The van der Waals surface area contributed by atoms with Crippen LogP contribution in [0.25, 0.3) is 0 Å². The summed E-state index contributed by atoms with van der Waals surface area (Å²) in [7, 11) is 0. The van der Waals surface area contributed by atoms with E-state index in [1.165, 1.54) is 0 Å². The summed E-state index contributed by atoms with van der Waals surface area (Å²) in [5.41, 5.74) is -1.52. The first-order chi connectivity index (χ1) is 9.29. The van der Waals surface area contributed by atoms with Crippen LogP contribution < -0.4 is 4.90 Å². The lowest BCUT2D eigenvalue weighted by molar-refractivity contribution is -0.384. The molecule has 20 heavy (non-hydrogen) atoms. The number of anilines is 1. The summed E-state index contributed by atoms with van der Waals surface area (Å²) in [6, 6.07) is 2.45. The van der Waals surface area contributed by atoms with E-state index in [2.05, 4.69) is 0 Å². The normalized spacial score (nSPS) is 16.4. The number of alkyl halides is 3. The molecule has 2 rings (SSSR count). The molecule has 1 aromatic carbocycles. The third kappa shape index (κ3) is 2.89. The second-order valence-corrected chi connectivity index (χ2v) is 4.48. The number of halogens is 3. The Hall–Kier alpha value is -2.12. The van der Waals surface area contributed by atoms with Gasteiger partial charge in [0.25, 0.3) is 5.69 Å². The van der Waals surface area contributed by atoms with Gasteiger partial charge >= 0.3 is 6.18 Å². The number of nitro groups is 1. The molecule has 0 amide bonds. The fraction of sp³-hybridized carbons (Fsp3) is 0.417. The van der Waals surface area contributed by atoms with Crippen LogP contribution in [0.15, 0.2) is 18.2 Å². The van der Waals surface area contributed by atoms with Crippen molar-refractivity contribution in [3.05, 3.63) is 33.9 Å². The topological polar surface area (TPSA) is 63.5 Å². The van der Waals surface area contributed by atoms with Crippen molar-refractivity contribution in [3.63, 3.8) is 0 Å². The van der Waals surface area contributed by atoms with Crippen LogP contribution in [0.5, 0.6) is 0 Å². The van der Waals surface area contributed by atoms with Crippen LogP contribution >= 0.6 is 0 Å². The molecule has 1 saturated heterocycles. The summed E-state index contributed by atoms with van der Waals surface area (Å²) in [6.07, 6.45) is -4.13. The van der Waals surface area contributed by atoms with Crippen molar-refractivity contribution in [2.75, 3.05) is 18.0 Å². The molecule has 1 aliphatic heterocycles. The second kappa shape index (κ2) is 5.10. The molecule has 0 aromatic heterocycles. The number of nitrogens with zero attached hydrogens (tertiary/aromatic N) is 2. The van der Waals surface area contributed by atoms with E-state index in [4.69, 9.17) is 0 Å². The Kier molecular flexibility index (Phi) is 3.65. The Morgan fingerprint density at radius 2 is 1.80 bits per heavy atom. The molecular weight excluding hydrogens is 277 g/mol. The van der Waals surface area contributed by atoms with Gasteiger partial charge in [0.1, 0.15) is 11.5 Å². The van der Waals surface area contributed by atoms with E-state index in [0.29, 0.717) is 6.07 Å². The van der Waals surface area contributed by atoms with Gasteiger partial charge in [-0.1, -0.05) is 0 Å². The number of nitro benzene ring substituents is 1. The van der Waals surface area contributed by atoms with Gasteiger partial charge in [-0.05, 0) is 12.1 Å². The minimum Gasteiger partial charge on any atom is -0.365 e. The van der Waals surface area contributed by atoms with E-state index < -0.39 is 22.4 Å². The Balaban J connectivity index is 2.38. The predicted molar refractivity (Wildman–Crippen MR) is 64.6 cm³/mol. The standard InChI is InChI=1S/C12H11F3N2O3/c13-12(14,15)8-1-2-10(11(7-8)17(19)20)16-5-3-9(18)4-6-16/h1-2,7H,3-6H2. The quantitative estimate of drug-likeness (QED) is 0.620. The van der Waals surface area contributed by atoms with Crippen molar-refractivity contribution in [3.8, 4) is 0 Å². The summed E-state index contributed by atoms with van der Waals surface area (Å²) in [5.74, 6) is 0.0517. The zero-order chi connectivity index (χ0) is 14.9. The van der Waals surface area contributed by atoms with E-state index in [0.717, 1.165) is 12.1 Å². The van der Waals surface area contributed by atoms with Gasteiger partial charge in [0.2, 0.25) is 0 Å². The summed E-state index contributed by atoms with van der Waals surface area (Å²) in [4.78, 5) is 22.8. The Bertz CT molecular complexity index is 547. The first-order valence-corrected chi connectivity index (χ1v) is 5.91. The van der Waals surface area contributed by atoms with Gasteiger partial charge in [0.15, 0.2) is 0 Å². The number of carbonyl (C=O) groups is 1. The Morgan fingerprint density at radius 1 is 1.20 bits per heavy atom. The van der Waals surface area contributed by atoms with Gasteiger partial charge in [-0.3, -0.25) is 14.9 Å². The molecule has 0 spiro atoms. The van der Waals surface area contributed by atoms with E-state index >= 15 is 0 Å². The maximum Gasteiger partial charge on any atom is 0.416 e. The Labute approximate surface area is 112 Å². The highest BCUT2D eigenvalue weighted by atomic mass is 19.4. The van der Waals surface area contributed by atoms with Crippen LogP contribution in [0.4, 0.5) is 24.5 Å². The lowest BCUT2D eigenvalue weighted by Crippen LogP contribution is -2.34. The number of Topliss-reactive ketones (excluding diaryl/α,β-unsaturated/α-hetero) is 1. The number of hydrogen-bond donors (Lipinski definition) is 0. The van der Waals surface area contributed by atoms with Crippen LogP contribution in [-0.2, 0) is 11.0 Å². The number of piperidine rings is 1. The zero-order valence-electron chi connectivity index (χ0n) is 10.3. The molecule has 1 heterocycles. The monoisotopic (exact) mass is 288 g/mol. The Morgan fingerprint density at radius 3 is 2.30 bits per heavy atom. The van der Waals surface area contributed by atoms with E-state index in [-0.39, 0.29) is 37.4 Å². The van der Waals surface area contributed by atoms with E-state index in [1.54, 1.807) is 4.90 Å². The smallest absolute Gasteiger partial charge is 0.365 e. The lowest BCUT2D eigenvalue weighted by Gasteiger charge is -2.27. The summed E-state index contributed by atoms with van der Waals surface area (Å²) in [5, 5.41) is 11.0. The largest absolute Gasteiger partial charge is 0.416 e. The van der Waals surface area contributed by atoms with Gasteiger partial charge in [-0.2, -0.15) is 13.2 Å². The van der Waals surface area contributed by atoms with Gasteiger partial charge in [-0.25, -0.2) is 0 Å². The number of rotatable bonds is 2. The molecule has 0 radical (unpaired) electrons. The zero-order valence-corrected chi connectivity index (χ0v) is 10.3. The third-order valence-corrected chi connectivity index (χ3v) is 3.16. The van der Waals surface area contributed by atoms with Gasteiger partial charge in [0, 0.05) is 32.0 Å². The molecule has 1 aliphatic rings. The van der Waals surface area contributed by atoms with Crippen LogP contribution in [-0.4, -0.2) is 23.8 Å². The van der Waals surface area contributed by atoms with Crippen LogP contribution in [0.2, 0.25) is 0 Å². The van der Waals surface area contributed by atoms with Gasteiger partial charge in [-0.15, -0.1) is 0 Å². The second-order valence-electron chi connectivity index (χ2n) is 4.48. The molecule has 0 N–H and O–H groups in total. The van der Waals surface area contributed by atoms with Crippen LogP contribution in [0.3, 0.4) is 0 Å². The molecular formula is C12H11F3N2O3. The van der Waals surface area contributed by atoms with Crippen molar-refractivity contribution in [1.29, 1.82) is 0 Å². The minimum atomic E-state index is -4.62. The van der Waals surface area contributed by atoms with Gasteiger partial charge < -0.3 is 4.90 Å². The molecule has 1 aromatic rings. The number of benzene rings is 1. The van der Waals surface area contributed by atoms with Crippen molar-refractivity contribution >= 4 is 17.2 Å². The van der Waals surface area contributed by atoms with Crippen molar-refractivity contribution in [2.45, 2.75) is 19.0 Å². The summed E-state index contributed by atoms with van der Waals surface area (Å²) < 4.78 is 37.7. The highest BCUT2D eigenvalue weighted by Gasteiger charge is 2.34. The molecule has 0 unspecified atom stereocenters. The fourth-order valence-electron chi connectivity index (χ4n) is 2.11. The van der Waals surface area contributed by atoms with Crippen molar-refractivity contribution in [1.82, 2.24) is 0 Å². The molecule has 0 atom stereocenters. The number of hydrogen-bond acceptors (Lipinski definition) is 4. The maximum absolute atomic E-state index is 12.6. The summed E-state index contributed by atoms with van der Waals surface area (Å²) >= 11 is 0.